The molecule has 0 radical (unpaired) electrons. The van der Waals surface area contributed by atoms with E-state index in [0.29, 0.717) is 16.5 Å². The van der Waals surface area contributed by atoms with Crippen LogP contribution in [0.2, 0.25) is 0 Å². The third-order valence-electron chi connectivity index (χ3n) is 3.44. The van der Waals surface area contributed by atoms with Gasteiger partial charge in [-0.2, -0.15) is 0 Å². The zero-order chi connectivity index (χ0) is 18.0. The molecule has 0 saturated heterocycles. The highest BCUT2D eigenvalue weighted by molar-refractivity contribution is 7.39. The monoisotopic (exact) mass is 380 g/mol. The lowest BCUT2D eigenvalue weighted by Gasteiger charge is -2.06. The number of thiazole rings is 1. The largest absolute Gasteiger partial charge is 0.464 e. The van der Waals surface area contributed by atoms with Crippen molar-refractivity contribution in [1.29, 1.82) is 0 Å². The average Bonchev–Trinajstić information content (AvgIpc) is 3.24. The van der Waals surface area contributed by atoms with E-state index in [1.807, 2.05) is 0 Å². The predicted molar refractivity (Wildman–Crippen MR) is 91.3 cm³/mol. The van der Waals surface area contributed by atoms with Crippen molar-refractivity contribution < 1.29 is 28.6 Å². The molecule has 0 atom stereocenters. The van der Waals surface area contributed by atoms with Crippen LogP contribution in [-0.4, -0.2) is 38.2 Å². The van der Waals surface area contributed by atoms with Crippen molar-refractivity contribution in [2.45, 2.75) is 6.73 Å². The van der Waals surface area contributed by atoms with E-state index in [0.717, 1.165) is 11.3 Å². The molecule has 10 heteroatoms. The molecule has 0 saturated carbocycles. The fraction of sp³-hybridized carbons (Fsp3) is 0.133. The first-order valence-electron chi connectivity index (χ1n) is 6.98. The second kappa shape index (κ2) is 7.38. The normalized spacial score (nSPS) is 11.2. The van der Waals surface area contributed by atoms with Crippen LogP contribution in [0.5, 0.6) is 0 Å². The van der Waals surface area contributed by atoms with Gasteiger partial charge in [0.15, 0.2) is 10.7 Å². The van der Waals surface area contributed by atoms with Crippen LogP contribution < -0.4 is 0 Å². The predicted octanol–water partition coefficient (Wildman–Crippen LogP) is 2.30. The summed E-state index contributed by atoms with van der Waals surface area (Å²) in [6, 6.07) is 7.15. The van der Waals surface area contributed by atoms with E-state index < -0.39 is 14.6 Å². The van der Waals surface area contributed by atoms with Gasteiger partial charge in [0.05, 0.1) is 18.2 Å². The third kappa shape index (κ3) is 3.60. The molecule has 0 amide bonds. The molecule has 0 bridgehead atoms. The standard InChI is InChI=1S/C15H13N2O6PS/c1-22-15(19)11-7-25-14(16-11)13(18)10-6-17(8-23-24(20)21)12-5-3-2-4-9(10)12/h2-7,20-21H,8H2,1H3. The Morgan fingerprint density at radius 1 is 1.32 bits per heavy atom. The molecule has 0 unspecified atom stereocenters. The summed E-state index contributed by atoms with van der Waals surface area (Å²) in [5.74, 6) is -0.948. The number of ketones is 1. The molecular weight excluding hydrogens is 367 g/mol. The van der Waals surface area contributed by atoms with Crippen LogP contribution in [0, 0.1) is 0 Å². The summed E-state index contributed by atoms with van der Waals surface area (Å²) >= 11 is 1.05. The highest BCUT2D eigenvalue weighted by Gasteiger charge is 2.21. The summed E-state index contributed by atoms with van der Waals surface area (Å²) < 4.78 is 11.0. The second-order valence-corrected chi connectivity index (χ2v) is 6.52. The van der Waals surface area contributed by atoms with E-state index in [-0.39, 0.29) is 23.2 Å². The number of methoxy groups -OCH3 is 1. The fourth-order valence-electron chi connectivity index (χ4n) is 2.34. The van der Waals surface area contributed by atoms with E-state index in [1.165, 1.54) is 12.5 Å². The number of aromatic nitrogens is 2. The first-order chi connectivity index (χ1) is 12.0. The topological polar surface area (TPSA) is 111 Å². The van der Waals surface area contributed by atoms with Gasteiger partial charge in [0.1, 0.15) is 6.73 Å². The van der Waals surface area contributed by atoms with E-state index in [9.17, 15) is 9.59 Å². The molecule has 0 aliphatic rings. The summed E-state index contributed by atoms with van der Waals surface area (Å²) in [5, 5.41) is 2.30. The number of para-hydroxylation sites is 1. The number of fused-ring (bicyclic) bond motifs is 1. The fourth-order valence-corrected chi connectivity index (χ4v) is 3.31. The Labute approximate surface area is 147 Å². The van der Waals surface area contributed by atoms with Gasteiger partial charge in [-0.15, -0.1) is 11.3 Å². The minimum absolute atomic E-state index is 0.0779. The first-order valence-corrected chi connectivity index (χ1v) is 9.03. The molecule has 8 nitrogen and oxygen atoms in total. The maximum atomic E-state index is 12.8. The zero-order valence-electron chi connectivity index (χ0n) is 12.9. The Morgan fingerprint density at radius 3 is 2.80 bits per heavy atom. The smallest absolute Gasteiger partial charge is 0.357 e. The van der Waals surface area contributed by atoms with Crippen LogP contribution in [-0.2, 0) is 16.0 Å². The molecule has 0 aliphatic carbocycles. The number of nitrogens with zero attached hydrogens (tertiary/aromatic N) is 2. The summed E-state index contributed by atoms with van der Waals surface area (Å²) in [6.45, 7) is -0.113. The zero-order valence-corrected chi connectivity index (χ0v) is 14.7. The van der Waals surface area contributed by atoms with Crippen LogP contribution in [0.3, 0.4) is 0 Å². The minimum Gasteiger partial charge on any atom is -0.464 e. The maximum Gasteiger partial charge on any atom is 0.357 e. The van der Waals surface area contributed by atoms with Crippen molar-refractivity contribution in [1.82, 2.24) is 9.55 Å². The Balaban J connectivity index is 1.98. The number of ether oxygens (including phenoxy) is 1. The molecule has 25 heavy (non-hydrogen) atoms. The van der Waals surface area contributed by atoms with Crippen LogP contribution in [0.25, 0.3) is 10.9 Å². The number of carbonyl (C=O) groups is 2. The molecule has 0 spiro atoms. The van der Waals surface area contributed by atoms with Crippen molar-refractivity contribution >= 4 is 42.6 Å². The number of benzene rings is 1. The van der Waals surface area contributed by atoms with Gasteiger partial charge in [-0.3, -0.25) is 9.32 Å². The van der Waals surface area contributed by atoms with E-state index in [4.69, 9.17) is 14.3 Å². The molecule has 0 aliphatic heterocycles. The van der Waals surface area contributed by atoms with Gasteiger partial charge in [-0.05, 0) is 6.07 Å². The van der Waals surface area contributed by atoms with Gasteiger partial charge < -0.3 is 19.1 Å². The number of carbonyl (C=O) groups excluding carboxylic acids is 2. The molecular formula is C15H13N2O6PS. The molecule has 2 N–H and O–H groups in total. The second-order valence-electron chi connectivity index (χ2n) is 4.90. The lowest BCUT2D eigenvalue weighted by molar-refractivity contribution is 0.0595. The molecule has 130 valence electrons. The molecule has 3 aromatic rings. The number of hydrogen-bond donors (Lipinski definition) is 2. The Morgan fingerprint density at radius 2 is 2.08 bits per heavy atom. The quantitative estimate of drug-likeness (QED) is 0.383. The SMILES string of the molecule is COC(=O)c1csc(C(=O)c2cn(COP(O)O)c3ccccc23)n1. The number of hydrogen-bond acceptors (Lipinski definition) is 8. The van der Waals surface area contributed by atoms with E-state index in [1.54, 1.807) is 35.0 Å². The molecule has 0 fully saturated rings. The van der Waals surface area contributed by atoms with Crippen molar-refractivity contribution in [3.63, 3.8) is 0 Å². The molecule has 3 rings (SSSR count). The molecule has 2 heterocycles. The average molecular weight is 380 g/mol. The number of esters is 1. The summed E-state index contributed by atoms with van der Waals surface area (Å²) in [4.78, 5) is 46.2. The lowest BCUT2D eigenvalue weighted by Crippen LogP contribution is -2.05. The van der Waals surface area contributed by atoms with Crippen LogP contribution in [0.1, 0.15) is 25.9 Å². The van der Waals surface area contributed by atoms with E-state index >= 15 is 0 Å². The van der Waals surface area contributed by atoms with Gasteiger partial charge in [0, 0.05) is 17.0 Å². The Kier molecular flexibility index (Phi) is 5.22. The van der Waals surface area contributed by atoms with Crippen molar-refractivity contribution in [2.24, 2.45) is 0 Å². The van der Waals surface area contributed by atoms with Gasteiger partial charge in [0.25, 0.3) is 0 Å². The van der Waals surface area contributed by atoms with Crippen molar-refractivity contribution in [3.05, 3.63) is 52.1 Å². The molecule has 1 aromatic carbocycles. The van der Waals surface area contributed by atoms with E-state index in [2.05, 4.69) is 9.72 Å². The first kappa shape index (κ1) is 17.7. The lowest BCUT2D eigenvalue weighted by atomic mass is 10.1. The molecule has 2 aromatic heterocycles. The number of rotatable bonds is 6. The Hall–Kier alpha value is -2.16. The van der Waals surface area contributed by atoms with Crippen molar-refractivity contribution in [3.8, 4) is 0 Å². The highest BCUT2D eigenvalue weighted by atomic mass is 32.1. The van der Waals surface area contributed by atoms with Crippen LogP contribution in [0.15, 0.2) is 35.8 Å². The van der Waals surface area contributed by atoms with Crippen LogP contribution >= 0.6 is 19.9 Å². The van der Waals surface area contributed by atoms with Crippen LogP contribution in [0.4, 0.5) is 0 Å². The maximum absolute atomic E-state index is 12.8. The minimum atomic E-state index is -2.50. The summed E-state index contributed by atoms with van der Waals surface area (Å²) in [6.07, 6.45) is 1.56. The highest BCUT2D eigenvalue weighted by Crippen LogP contribution is 2.29. The van der Waals surface area contributed by atoms with Gasteiger partial charge in [-0.1, -0.05) is 18.2 Å². The summed E-state index contributed by atoms with van der Waals surface area (Å²) in [7, 11) is -1.26. The van der Waals surface area contributed by atoms with Gasteiger partial charge in [-0.25, -0.2) is 9.78 Å². The third-order valence-corrected chi connectivity index (χ3v) is 4.63. The van der Waals surface area contributed by atoms with Gasteiger partial charge >= 0.3 is 14.6 Å². The van der Waals surface area contributed by atoms with Crippen molar-refractivity contribution in [2.75, 3.05) is 7.11 Å². The van der Waals surface area contributed by atoms with Gasteiger partial charge in [0.2, 0.25) is 5.78 Å². The Bertz CT molecular complexity index is 935. The summed E-state index contributed by atoms with van der Waals surface area (Å²) in [5.41, 5.74) is 1.16.